The predicted molar refractivity (Wildman–Crippen MR) is 189 cm³/mol. The number of likely N-dealkylation sites (tertiary alicyclic amines) is 1. The molecule has 1 aromatic heterocycles. The van der Waals surface area contributed by atoms with Crippen LogP contribution in [0.2, 0.25) is 0 Å². The molecule has 2 aliphatic rings. The van der Waals surface area contributed by atoms with Crippen LogP contribution in [0.3, 0.4) is 0 Å². The second-order valence-electron chi connectivity index (χ2n) is 12.7. The van der Waals surface area contributed by atoms with Crippen LogP contribution in [-0.2, 0) is 25.7 Å². The van der Waals surface area contributed by atoms with Crippen LogP contribution in [-0.4, -0.2) is 74.3 Å². The van der Waals surface area contributed by atoms with Gasteiger partial charge in [-0.05, 0) is 105 Å². The lowest BCUT2D eigenvalue weighted by molar-refractivity contribution is -0.131. The minimum Gasteiger partial charge on any atom is -0.496 e. The first-order valence-electron chi connectivity index (χ1n) is 17.1. The van der Waals surface area contributed by atoms with Gasteiger partial charge in [-0.2, -0.15) is 0 Å². The third kappa shape index (κ3) is 8.75. The lowest BCUT2D eigenvalue weighted by Crippen LogP contribution is -2.39. The van der Waals surface area contributed by atoms with E-state index in [1.807, 2.05) is 12.1 Å². The van der Waals surface area contributed by atoms with Crippen LogP contribution in [0.4, 0.5) is 15.8 Å². The number of rotatable bonds is 16. The number of carbonyl (C=O) groups is 2. The van der Waals surface area contributed by atoms with Gasteiger partial charge in [0.05, 0.1) is 31.9 Å². The molecule has 1 saturated carbocycles. The lowest BCUT2D eigenvalue weighted by Gasteiger charge is -2.31. The van der Waals surface area contributed by atoms with Gasteiger partial charge in [-0.3, -0.25) is 14.6 Å². The SMILES string of the molecule is COc1cc2c(Oc3ccc(NC(=O)C4(C(=O)Nc5ccc(F)cc5)CC4)cc3)ccnc2cc1COCCN1CCC(OCCCN)CC1. The summed E-state index contributed by atoms with van der Waals surface area (Å²) in [5, 5.41) is 6.35. The molecule has 12 heteroatoms. The average Bonchev–Trinajstić information content (AvgIpc) is 3.95. The molecule has 6 rings (SSSR count). The Morgan fingerprint density at radius 2 is 1.62 bits per heavy atom. The summed E-state index contributed by atoms with van der Waals surface area (Å²) in [6.45, 7) is 5.26. The van der Waals surface area contributed by atoms with E-state index in [2.05, 4.69) is 20.5 Å². The fraction of sp³-hybridized carbons (Fsp3) is 0.395. The lowest BCUT2D eigenvalue weighted by atomic mass is 10.0. The summed E-state index contributed by atoms with van der Waals surface area (Å²) < 4.78 is 37.2. The van der Waals surface area contributed by atoms with Crippen molar-refractivity contribution in [1.82, 2.24) is 9.88 Å². The van der Waals surface area contributed by atoms with Gasteiger partial charge in [-0.15, -0.1) is 0 Å². The molecule has 0 atom stereocenters. The van der Waals surface area contributed by atoms with Gasteiger partial charge >= 0.3 is 0 Å². The standard InChI is InChI=1S/C38H44FN5O6/c1-47-35-24-32-33(23-26(35)25-48-22-20-44-18-12-30(13-19-44)49-21-2-16-40)41-17-11-34(32)50-31-9-7-29(8-10-31)43-37(46)38(14-15-38)36(45)42-28-5-3-27(39)4-6-28/h3-11,17,23-24,30H,2,12-16,18-22,25,40H2,1H3,(H,42,45)(H,43,46). The first-order chi connectivity index (χ1) is 24.4. The number of amides is 2. The van der Waals surface area contributed by atoms with Crippen LogP contribution < -0.4 is 25.8 Å². The molecule has 0 radical (unpaired) electrons. The number of pyridine rings is 1. The maximum Gasteiger partial charge on any atom is 0.240 e. The van der Waals surface area contributed by atoms with Gasteiger partial charge in [-0.25, -0.2) is 4.39 Å². The quantitative estimate of drug-likeness (QED) is 0.0976. The Bertz CT molecular complexity index is 1760. The molecule has 2 amide bonds. The molecule has 1 aliphatic heterocycles. The Morgan fingerprint density at radius 3 is 2.26 bits per heavy atom. The monoisotopic (exact) mass is 685 g/mol. The van der Waals surface area contributed by atoms with Crippen molar-refractivity contribution in [2.24, 2.45) is 11.1 Å². The summed E-state index contributed by atoms with van der Waals surface area (Å²) >= 11 is 0. The summed E-state index contributed by atoms with van der Waals surface area (Å²) in [5.41, 5.74) is 7.02. The van der Waals surface area contributed by atoms with Crippen LogP contribution >= 0.6 is 0 Å². The van der Waals surface area contributed by atoms with Crippen molar-refractivity contribution in [2.75, 3.05) is 57.1 Å². The van der Waals surface area contributed by atoms with Gasteiger partial charge in [0.15, 0.2) is 0 Å². The Hall–Kier alpha value is -4.62. The van der Waals surface area contributed by atoms with Gasteiger partial charge in [0.1, 0.15) is 28.5 Å². The summed E-state index contributed by atoms with van der Waals surface area (Å²) in [7, 11) is 1.63. The van der Waals surface area contributed by atoms with Crippen molar-refractivity contribution >= 4 is 34.1 Å². The number of piperidine rings is 1. The smallest absolute Gasteiger partial charge is 0.240 e. The van der Waals surface area contributed by atoms with E-state index >= 15 is 0 Å². The van der Waals surface area contributed by atoms with Gasteiger partial charge < -0.3 is 40.2 Å². The fourth-order valence-electron chi connectivity index (χ4n) is 6.04. The predicted octanol–water partition coefficient (Wildman–Crippen LogP) is 5.88. The Morgan fingerprint density at radius 1 is 0.940 bits per heavy atom. The molecule has 1 saturated heterocycles. The molecule has 1 aliphatic carbocycles. The van der Waals surface area contributed by atoms with Gasteiger partial charge in [-0.1, -0.05) is 0 Å². The first-order valence-corrected chi connectivity index (χ1v) is 17.1. The number of hydrogen-bond acceptors (Lipinski definition) is 9. The number of nitrogens with zero attached hydrogens (tertiary/aromatic N) is 2. The molecule has 50 heavy (non-hydrogen) atoms. The van der Waals surface area contributed by atoms with E-state index in [-0.39, 0.29) is 5.91 Å². The van der Waals surface area contributed by atoms with Crippen molar-refractivity contribution in [2.45, 2.75) is 44.8 Å². The van der Waals surface area contributed by atoms with E-state index in [4.69, 9.17) is 24.7 Å². The number of nitrogens with one attached hydrogen (secondary N) is 2. The Kier molecular flexibility index (Phi) is 11.5. The molecular weight excluding hydrogens is 641 g/mol. The fourth-order valence-corrected chi connectivity index (χ4v) is 6.04. The molecule has 2 fully saturated rings. The van der Waals surface area contributed by atoms with Gasteiger partial charge in [0.2, 0.25) is 11.8 Å². The highest BCUT2D eigenvalue weighted by molar-refractivity contribution is 6.16. The summed E-state index contributed by atoms with van der Waals surface area (Å²) in [4.78, 5) is 33.0. The van der Waals surface area contributed by atoms with Crippen molar-refractivity contribution < 1.29 is 32.9 Å². The molecular formula is C38H44FN5O6. The summed E-state index contributed by atoms with van der Waals surface area (Å²) in [6.07, 6.45) is 5.85. The molecule has 0 spiro atoms. The minimum atomic E-state index is -1.15. The normalized spacial score (nSPS) is 15.8. The number of fused-ring (bicyclic) bond motifs is 1. The highest BCUT2D eigenvalue weighted by Gasteiger charge is 2.56. The second-order valence-corrected chi connectivity index (χ2v) is 12.7. The number of nitrogens with two attached hydrogens (primary N) is 1. The maximum absolute atomic E-state index is 13.2. The molecule has 264 valence electrons. The topological polar surface area (TPSA) is 137 Å². The number of aromatic nitrogens is 1. The van der Waals surface area contributed by atoms with Crippen LogP contribution in [0.1, 0.15) is 37.7 Å². The first kappa shape index (κ1) is 35.2. The molecule has 2 heterocycles. The third-order valence-electron chi connectivity index (χ3n) is 9.21. The minimum absolute atomic E-state index is 0.326. The number of carbonyl (C=O) groups excluding carboxylic acids is 2. The Balaban J connectivity index is 1.01. The van der Waals surface area contributed by atoms with Crippen LogP contribution in [0.15, 0.2) is 72.9 Å². The van der Waals surface area contributed by atoms with E-state index in [9.17, 15) is 14.0 Å². The van der Waals surface area contributed by atoms with Gasteiger partial charge in [0, 0.05) is 54.8 Å². The van der Waals surface area contributed by atoms with E-state index in [0.717, 1.165) is 62.0 Å². The number of hydrogen-bond donors (Lipinski definition) is 3. The molecule has 11 nitrogen and oxygen atoms in total. The number of halogens is 1. The molecule has 3 aromatic carbocycles. The summed E-state index contributed by atoms with van der Waals surface area (Å²) in [6, 6.07) is 18.0. The van der Waals surface area contributed by atoms with E-state index in [1.54, 1.807) is 43.6 Å². The van der Waals surface area contributed by atoms with Crippen molar-refractivity contribution in [1.29, 1.82) is 0 Å². The van der Waals surface area contributed by atoms with Crippen LogP contribution in [0.5, 0.6) is 17.2 Å². The second kappa shape index (κ2) is 16.4. The van der Waals surface area contributed by atoms with Crippen LogP contribution in [0, 0.1) is 11.2 Å². The Labute approximate surface area is 291 Å². The van der Waals surface area contributed by atoms with E-state index < -0.39 is 17.1 Å². The zero-order valence-electron chi connectivity index (χ0n) is 28.3. The largest absolute Gasteiger partial charge is 0.496 e. The van der Waals surface area contributed by atoms with Crippen molar-refractivity contribution in [3.05, 3.63) is 84.3 Å². The highest BCUT2D eigenvalue weighted by Crippen LogP contribution is 2.47. The van der Waals surface area contributed by atoms with Gasteiger partial charge in [0.25, 0.3) is 0 Å². The van der Waals surface area contributed by atoms with Crippen molar-refractivity contribution in [3.63, 3.8) is 0 Å². The zero-order valence-corrected chi connectivity index (χ0v) is 28.3. The number of benzene rings is 3. The van der Waals surface area contributed by atoms with E-state index in [1.165, 1.54) is 24.3 Å². The molecule has 4 aromatic rings. The van der Waals surface area contributed by atoms with Crippen molar-refractivity contribution in [3.8, 4) is 17.2 Å². The van der Waals surface area contributed by atoms with Crippen LogP contribution in [0.25, 0.3) is 10.9 Å². The number of methoxy groups -OCH3 is 1. The third-order valence-corrected chi connectivity index (χ3v) is 9.21. The molecule has 4 N–H and O–H groups in total. The number of anilines is 2. The summed E-state index contributed by atoms with van der Waals surface area (Å²) in [5.74, 6) is 0.641. The highest BCUT2D eigenvalue weighted by atomic mass is 19.1. The number of ether oxygens (including phenoxy) is 4. The van der Waals surface area contributed by atoms with E-state index in [0.29, 0.717) is 67.3 Å². The molecule has 0 bridgehead atoms. The molecule has 0 unspecified atom stereocenters. The average molecular weight is 686 g/mol. The zero-order chi connectivity index (χ0) is 34.9. The maximum atomic E-state index is 13.2.